The molecule has 6 heteroatoms. The van der Waals surface area contributed by atoms with E-state index in [2.05, 4.69) is 5.32 Å². The predicted octanol–water partition coefficient (Wildman–Crippen LogP) is 1.75. The number of carbonyl (C=O) groups excluding carboxylic acids is 2. The summed E-state index contributed by atoms with van der Waals surface area (Å²) in [5.41, 5.74) is 0.830. The van der Waals surface area contributed by atoms with E-state index in [-0.39, 0.29) is 23.8 Å². The van der Waals surface area contributed by atoms with E-state index in [1.807, 2.05) is 19.1 Å². The third-order valence-electron chi connectivity index (χ3n) is 4.39. The van der Waals surface area contributed by atoms with E-state index < -0.39 is 0 Å². The third kappa shape index (κ3) is 3.25. The first kappa shape index (κ1) is 17.1. The molecule has 0 bridgehead atoms. The lowest BCUT2D eigenvalue weighted by atomic mass is 9.83. The van der Waals surface area contributed by atoms with Crippen molar-refractivity contribution in [3.63, 3.8) is 0 Å². The zero-order valence-corrected chi connectivity index (χ0v) is 14.1. The molecular formula is C17H24N2O4. The summed E-state index contributed by atoms with van der Waals surface area (Å²) in [5, 5.41) is 2.71. The number of piperidine rings is 1. The maximum absolute atomic E-state index is 12.3. The normalized spacial score (nSPS) is 21.0. The molecule has 1 fully saturated rings. The summed E-state index contributed by atoms with van der Waals surface area (Å²) in [6.45, 7) is 2.47. The summed E-state index contributed by atoms with van der Waals surface area (Å²) in [6.07, 6.45) is 0.926. The molecule has 0 radical (unpaired) electrons. The SMILES string of the molecule is CCN1C(=O)CC[C@@H](C(=O)NC)[C@@H]1c1ccc(OC)cc1OC. The smallest absolute Gasteiger partial charge is 0.225 e. The maximum Gasteiger partial charge on any atom is 0.225 e. The van der Waals surface area contributed by atoms with Gasteiger partial charge >= 0.3 is 0 Å². The highest BCUT2D eigenvalue weighted by Crippen LogP contribution is 2.41. The highest BCUT2D eigenvalue weighted by Gasteiger charge is 2.40. The Balaban J connectivity index is 2.52. The monoisotopic (exact) mass is 320 g/mol. The molecule has 0 aliphatic carbocycles. The minimum atomic E-state index is -0.331. The zero-order chi connectivity index (χ0) is 17.0. The lowest BCUT2D eigenvalue weighted by Crippen LogP contribution is -2.47. The molecule has 23 heavy (non-hydrogen) atoms. The Bertz CT molecular complexity index is 588. The van der Waals surface area contributed by atoms with Gasteiger partial charge in [0.15, 0.2) is 0 Å². The number of nitrogens with one attached hydrogen (secondary N) is 1. The Hall–Kier alpha value is -2.24. The number of methoxy groups -OCH3 is 2. The number of carbonyl (C=O) groups is 2. The van der Waals surface area contributed by atoms with E-state index in [1.54, 1.807) is 32.2 Å². The number of benzene rings is 1. The van der Waals surface area contributed by atoms with Crippen LogP contribution in [0.25, 0.3) is 0 Å². The topological polar surface area (TPSA) is 67.9 Å². The van der Waals surface area contributed by atoms with Gasteiger partial charge in [-0.2, -0.15) is 0 Å². The Morgan fingerprint density at radius 2 is 2.09 bits per heavy atom. The Kier molecular flexibility index (Phi) is 5.47. The van der Waals surface area contributed by atoms with Gasteiger partial charge in [0.25, 0.3) is 0 Å². The van der Waals surface area contributed by atoms with Crippen LogP contribution >= 0.6 is 0 Å². The Labute approximate surface area is 136 Å². The molecule has 0 aromatic heterocycles. The molecular weight excluding hydrogens is 296 g/mol. The van der Waals surface area contributed by atoms with Gasteiger partial charge in [0.05, 0.1) is 26.2 Å². The number of amides is 2. The van der Waals surface area contributed by atoms with Gasteiger partial charge in [0, 0.05) is 31.6 Å². The van der Waals surface area contributed by atoms with Crippen molar-refractivity contribution in [3.05, 3.63) is 23.8 Å². The fraction of sp³-hybridized carbons (Fsp3) is 0.529. The van der Waals surface area contributed by atoms with E-state index in [0.29, 0.717) is 30.9 Å². The molecule has 1 aromatic rings. The second-order valence-electron chi connectivity index (χ2n) is 5.49. The minimum absolute atomic E-state index is 0.0566. The van der Waals surface area contributed by atoms with Crippen LogP contribution in [-0.4, -0.2) is 44.5 Å². The van der Waals surface area contributed by atoms with Crippen molar-refractivity contribution in [2.45, 2.75) is 25.8 Å². The molecule has 126 valence electrons. The van der Waals surface area contributed by atoms with Gasteiger partial charge in [-0.1, -0.05) is 0 Å². The van der Waals surface area contributed by atoms with Gasteiger partial charge in [0.2, 0.25) is 11.8 Å². The second-order valence-corrected chi connectivity index (χ2v) is 5.49. The molecule has 0 unspecified atom stereocenters. The van der Waals surface area contributed by atoms with Crippen molar-refractivity contribution in [1.29, 1.82) is 0 Å². The van der Waals surface area contributed by atoms with Crippen molar-refractivity contribution in [3.8, 4) is 11.5 Å². The fourth-order valence-corrected chi connectivity index (χ4v) is 3.23. The van der Waals surface area contributed by atoms with Gasteiger partial charge in [-0.05, 0) is 25.5 Å². The average Bonchev–Trinajstić information content (AvgIpc) is 2.60. The molecule has 0 saturated carbocycles. The fourth-order valence-electron chi connectivity index (χ4n) is 3.23. The number of rotatable bonds is 5. The van der Waals surface area contributed by atoms with E-state index in [9.17, 15) is 9.59 Å². The van der Waals surface area contributed by atoms with E-state index in [0.717, 1.165) is 5.56 Å². The highest BCUT2D eigenvalue weighted by molar-refractivity contribution is 5.85. The van der Waals surface area contributed by atoms with Crippen molar-refractivity contribution >= 4 is 11.8 Å². The molecule has 1 saturated heterocycles. The lowest BCUT2D eigenvalue weighted by Gasteiger charge is -2.40. The zero-order valence-electron chi connectivity index (χ0n) is 14.1. The van der Waals surface area contributed by atoms with Gasteiger partial charge in [0.1, 0.15) is 11.5 Å². The van der Waals surface area contributed by atoms with E-state index in [4.69, 9.17) is 9.47 Å². The highest BCUT2D eigenvalue weighted by atomic mass is 16.5. The molecule has 0 spiro atoms. The molecule has 2 amide bonds. The molecule has 1 aliphatic rings. The third-order valence-corrected chi connectivity index (χ3v) is 4.39. The number of hydrogen-bond donors (Lipinski definition) is 1. The maximum atomic E-state index is 12.3. The molecule has 2 rings (SSSR count). The molecule has 1 aromatic carbocycles. The first-order valence-corrected chi connectivity index (χ1v) is 7.80. The number of ether oxygens (including phenoxy) is 2. The molecule has 6 nitrogen and oxygen atoms in total. The average molecular weight is 320 g/mol. The minimum Gasteiger partial charge on any atom is -0.497 e. The van der Waals surface area contributed by atoms with Crippen LogP contribution in [0.4, 0.5) is 0 Å². The molecule has 1 N–H and O–H groups in total. The predicted molar refractivity (Wildman–Crippen MR) is 86.5 cm³/mol. The van der Waals surface area contributed by atoms with Gasteiger partial charge < -0.3 is 19.7 Å². The summed E-state index contributed by atoms with van der Waals surface area (Å²) in [7, 11) is 4.79. The second kappa shape index (κ2) is 7.35. The van der Waals surface area contributed by atoms with Crippen LogP contribution in [0.5, 0.6) is 11.5 Å². The quantitative estimate of drug-likeness (QED) is 0.897. The van der Waals surface area contributed by atoms with Crippen molar-refractivity contribution in [2.75, 3.05) is 27.8 Å². The van der Waals surface area contributed by atoms with Crippen LogP contribution < -0.4 is 14.8 Å². The number of nitrogens with zero attached hydrogens (tertiary/aromatic N) is 1. The standard InChI is InChI=1S/C17H24N2O4/c1-5-19-15(20)9-8-13(17(21)18-2)16(19)12-7-6-11(22-3)10-14(12)23-4/h6-7,10,13,16H,5,8-9H2,1-4H3,(H,18,21)/t13-,16+/m1/s1. The molecule has 2 atom stereocenters. The van der Waals surface area contributed by atoms with Crippen LogP contribution in [0.15, 0.2) is 18.2 Å². The lowest BCUT2D eigenvalue weighted by molar-refractivity contribution is -0.143. The van der Waals surface area contributed by atoms with Gasteiger partial charge in [-0.25, -0.2) is 0 Å². The van der Waals surface area contributed by atoms with Crippen molar-refractivity contribution < 1.29 is 19.1 Å². The largest absolute Gasteiger partial charge is 0.497 e. The summed E-state index contributed by atoms with van der Waals surface area (Å²) < 4.78 is 10.7. The first-order valence-electron chi connectivity index (χ1n) is 7.80. The van der Waals surface area contributed by atoms with E-state index in [1.165, 1.54) is 0 Å². The summed E-state index contributed by atoms with van der Waals surface area (Å²) >= 11 is 0. The first-order chi connectivity index (χ1) is 11.1. The summed E-state index contributed by atoms with van der Waals surface area (Å²) in [5.74, 6) is 1.01. The van der Waals surface area contributed by atoms with Crippen LogP contribution in [0.3, 0.4) is 0 Å². The van der Waals surface area contributed by atoms with E-state index >= 15 is 0 Å². The Morgan fingerprint density at radius 3 is 2.65 bits per heavy atom. The number of hydrogen-bond acceptors (Lipinski definition) is 4. The van der Waals surface area contributed by atoms with Crippen molar-refractivity contribution in [1.82, 2.24) is 10.2 Å². The molecule has 1 aliphatic heterocycles. The number of likely N-dealkylation sites (tertiary alicyclic amines) is 1. The summed E-state index contributed by atoms with van der Waals surface area (Å²) in [4.78, 5) is 26.4. The van der Waals surface area contributed by atoms with Gasteiger partial charge in [-0.3, -0.25) is 9.59 Å². The Morgan fingerprint density at radius 1 is 1.35 bits per heavy atom. The van der Waals surface area contributed by atoms with Crippen LogP contribution in [0.2, 0.25) is 0 Å². The summed E-state index contributed by atoms with van der Waals surface area (Å²) in [6, 6.07) is 5.15. The van der Waals surface area contributed by atoms with Gasteiger partial charge in [-0.15, -0.1) is 0 Å². The van der Waals surface area contributed by atoms with Crippen LogP contribution in [0.1, 0.15) is 31.4 Å². The van der Waals surface area contributed by atoms with Crippen LogP contribution in [0, 0.1) is 5.92 Å². The van der Waals surface area contributed by atoms with Crippen LogP contribution in [-0.2, 0) is 9.59 Å². The molecule has 1 heterocycles. The van der Waals surface area contributed by atoms with Crippen molar-refractivity contribution in [2.24, 2.45) is 5.92 Å².